The Hall–Kier alpha value is -0.820. The van der Waals surface area contributed by atoms with Crippen molar-refractivity contribution in [2.75, 3.05) is 0 Å². The lowest BCUT2D eigenvalue weighted by atomic mass is 9.90. The second-order valence-electron chi connectivity index (χ2n) is 7.24. The van der Waals surface area contributed by atoms with Crippen LogP contribution in [0.2, 0.25) is 0 Å². The second-order valence-corrected chi connectivity index (χ2v) is 7.96. The van der Waals surface area contributed by atoms with Crippen LogP contribution in [0.5, 0.6) is 0 Å². The van der Waals surface area contributed by atoms with E-state index in [0.717, 1.165) is 19.3 Å². The predicted octanol–water partition coefficient (Wildman–Crippen LogP) is 5.63. The van der Waals surface area contributed by atoms with Gasteiger partial charge in [-0.2, -0.15) is 13.2 Å². The average Bonchev–Trinajstić information content (AvgIpc) is 2.53. The number of halogens is 4. The van der Waals surface area contributed by atoms with Gasteiger partial charge >= 0.3 is 12.1 Å². The number of aliphatic hydroxyl groups excluding tert-OH is 1. The zero-order valence-corrected chi connectivity index (χ0v) is 16.7. The Labute approximate surface area is 164 Å². The van der Waals surface area contributed by atoms with Gasteiger partial charge in [-0.05, 0) is 51.9 Å². The van der Waals surface area contributed by atoms with E-state index in [0.29, 0.717) is 44.9 Å². The van der Waals surface area contributed by atoms with Crippen LogP contribution in [0.1, 0.15) is 90.4 Å². The van der Waals surface area contributed by atoms with Crippen molar-refractivity contribution in [2.24, 2.45) is 0 Å². The van der Waals surface area contributed by atoms with Crippen LogP contribution in [0.15, 0.2) is 0 Å². The van der Waals surface area contributed by atoms with E-state index >= 15 is 0 Å². The zero-order valence-electron chi connectivity index (χ0n) is 16.0. The molecule has 0 fully saturated rings. The summed E-state index contributed by atoms with van der Waals surface area (Å²) in [7, 11) is 0. The summed E-state index contributed by atoms with van der Waals surface area (Å²) in [6.07, 6.45) is -0.133. The van der Waals surface area contributed by atoms with Gasteiger partial charge in [0, 0.05) is 12.8 Å². The molecule has 0 aliphatic heterocycles. The number of aliphatic carboxylic acids is 1. The first-order valence-corrected chi connectivity index (χ1v) is 10.0. The molecule has 2 unspecified atom stereocenters. The van der Waals surface area contributed by atoms with Gasteiger partial charge in [-0.25, -0.2) is 0 Å². The Kier molecular flexibility index (Phi) is 13.0. The molecule has 0 aromatic carbocycles. The maximum atomic E-state index is 12.1. The fourth-order valence-electron chi connectivity index (χ4n) is 2.98. The van der Waals surface area contributed by atoms with Crippen LogP contribution in [0.3, 0.4) is 0 Å². The first-order chi connectivity index (χ1) is 12.5. The highest BCUT2D eigenvalue weighted by Crippen LogP contribution is 2.31. The van der Waals surface area contributed by atoms with E-state index in [4.69, 9.17) is 16.7 Å². The number of carboxylic acid groups (broad SMARTS) is 1. The molecule has 0 bridgehead atoms. The molecule has 0 aliphatic rings. The molecule has 8 heteroatoms. The molecular formula is C19H32ClF3O4. The van der Waals surface area contributed by atoms with Crippen molar-refractivity contribution in [3.05, 3.63) is 0 Å². The number of carbonyl (C=O) groups is 2. The molecule has 0 aromatic heterocycles. The van der Waals surface area contributed by atoms with Crippen LogP contribution < -0.4 is 0 Å². The fraction of sp³-hybridized carbons (Fsp3) is 0.895. The Balaban J connectivity index is 4.01. The number of unbranched alkanes of at least 4 members (excludes halogenated alkanes) is 4. The summed E-state index contributed by atoms with van der Waals surface area (Å²) in [6.45, 7) is 1.44. The number of rotatable bonds is 16. The molecule has 0 radical (unpaired) electrons. The number of carbonyl (C=O) groups excluding carboxylic acids is 1. The minimum Gasteiger partial charge on any atom is -0.481 e. The van der Waals surface area contributed by atoms with Gasteiger partial charge in [-0.3, -0.25) is 9.59 Å². The molecule has 0 amide bonds. The molecule has 0 saturated carbocycles. The molecule has 0 rings (SSSR count). The van der Waals surface area contributed by atoms with Gasteiger partial charge in [-0.1, -0.05) is 25.7 Å². The van der Waals surface area contributed by atoms with Crippen LogP contribution in [0.4, 0.5) is 13.2 Å². The summed E-state index contributed by atoms with van der Waals surface area (Å²) in [5, 5.41) is 18.5. The number of Topliss-reactive ketones (excluding diaryl/α,β-unsaturated/α-hetero) is 1. The molecule has 4 nitrogen and oxygen atoms in total. The summed E-state index contributed by atoms with van der Waals surface area (Å²) in [5.74, 6) is -0.947. The number of carboxylic acids is 1. The lowest BCUT2D eigenvalue weighted by molar-refractivity contribution is -0.137. The lowest BCUT2D eigenvalue weighted by Gasteiger charge is -2.24. The highest BCUT2D eigenvalue weighted by Gasteiger charge is 2.32. The highest BCUT2D eigenvalue weighted by atomic mass is 35.5. The minimum atomic E-state index is -4.15. The Bertz CT molecular complexity index is 443. The molecule has 0 saturated heterocycles. The summed E-state index contributed by atoms with van der Waals surface area (Å²) in [5.41, 5.74) is 0. The quantitative estimate of drug-likeness (QED) is 0.252. The normalized spacial score (nSPS) is 15.3. The number of ketones is 1. The first-order valence-electron chi connectivity index (χ1n) is 9.63. The Morgan fingerprint density at radius 1 is 0.889 bits per heavy atom. The largest absolute Gasteiger partial charge is 0.481 e. The standard InChI is InChI=1S/C19H32ClF3O4/c1-15(24)18(20,12-6-3-2-4-11-17(26)27)13-8-10-16(25)9-5-7-14-19(21,22)23/h16,25H,2-14H2,1H3,(H,26,27). The summed E-state index contributed by atoms with van der Waals surface area (Å²) < 4.78 is 36.2. The minimum absolute atomic E-state index is 0.00925. The van der Waals surface area contributed by atoms with Gasteiger partial charge in [-0.15, -0.1) is 11.6 Å². The van der Waals surface area contributed by atoms with E-state index in [1.165, 1.54) is 6.92 Å². The Morgan fingerprint density at radius 2 is 1.41 bits per heavy atom. The van der Waals surface area contributed by atoms with Crippen molar-refractivity contribution in [3.63, 3.8) is 0 Å². The van der Waals surface area contributed by atoms with Crippen LogP contribution in [-0.4, -0.2) is 39.1 Å². The van der Waals surface area contributed by atoms with Gasteiger partial charge < -0.3 is 10.2 Å². The van der Waals surface area contributed by atoms with E-state index < -0.39 is 29.5 Å². The van der Waals surface area contributed by atoms with Crippen LogP contribution in [-0.2, 0) is 9.59 Å². The molecular weight excluding hydrogens is 385 g/mol. The van der Waals surface area contributed by atoms with Crippen molar-refractivity contribution in [3.8, 4) is 0 Å². The number of hydrogen-bond acceptors (Lipinski definition) is 3. The van der Waals surface area contributed by atoms with E-state index in [1.807, 2.05) is 0 Å². The number of alkyl halides is 4. The smallest absolute Gasteiger partial charge is 0.389 e. The van der Waals surface area contributed by atoms with Crippen LogP contribution in [0.25, 0.3) is 0 Å². The molecule has 27 heavy (non-hydrogen) atoms. The SMILES string of the molecule is CC(=O)C(Cl)(CCCCCCC(=O)O)CCCC(O)CCCCC(F)(F)F. The third-order valence-electron chi connectivity index (χ3n) is 4.70. The van der Waals surface area contributed by atoms with E-state index in [-0.39, 0.29) is 18.6 Å². The second kappa shape index (κ2) is 13.4. The topological polar surface area (TPSA) is 74.6 Å². The molecule has 2 N–H and O–H groups in total. The van der Waals surface area contributed by atoms with Gasteiger partial charge in [0.1, 0.15) is 4.87 Å². The molecule has 160 valence electrons. The van der Waals surface area contributed by atoms with Crippen molar-refractivity contribution < 1.29 is 33.0 Å². The predicted molar refractivity (Wildman–Crippen MR) is 99.0 cm³/mol. The molecule has 0 heterocycles. The third-order valence-corrected chi connectivity index (χ3v) is 5.35. The van der Waals surface area contributed by atoms with Crippen molar-refractivity contribution in [1.82, 2.24) is 0 Å². The van der Waals surface area contributed by atoms with Crippen molar-refractivity contribution >= 4 is 23.4 Å². The Morgan fingerprint density at radius 3 is 1.96 bits per heavy atom. The van der Waals surface area contributed by atoms with Crippen molar-refractivity contribution in [1.29, 1.82) is 0 Å². The molecule has 0 aliphatic carbocycles. The van der Waals surface area contributed by atoms with Gasteiger partial charge in [0.25, 0.3) is 0 Å². The van der Waals surface area contributed by atoms with Crippen LogP contribution in [0, 0.1) is 0 Å². The molecule has 2 atom stereocenters. The van der Waals surface area contributed by atoms with Crippen LogP contribution >= 0.6 is 11.6 Å². The number of hydrogen-bond donors (Lipinski definition) is 2. The van der Waals surface area contributed by atoms with Gasteiger partial charge in [0.2, 0.25) is 0 Å². The fourth-order valence-corrected chi connectivity index (χ4v) is 3.25. The monoisotopic (exact) mass is 416 g/mol. The maximum Gasteiger partial charge on any atom is 0.389 e. The zero-order chi connectivity index (χ0) is 20.9. The first kappa shape index (κ1) is 26.2. The molecule has 0 spiro atoms. The van der Waals surface area contributed by atoms with Gasteiger partial charge in [0.15, 0.2) is 5.78 Å². The summed E-state index contributed by atoms with van der Waals surface area (Å²) >= 11 is 6.45. The summed E-state index contributed by atoms with van der Waals surface area (Å²) in [6, 6.07) is 0. The molecule has 0 aromatic rings. The number of aliphatic hydroxyl groups is 1. The van der Waals surface area contributed by atoms with E-state index in [1.54, 1.807) is 0 Å². The highest BCUT2D eigenvalue weighted by molar-refractivity contribution is 6.34. The lowest BCUT2D eigenvalue weighted by Crippen LogP contribution is -2.30. The van der Waals surface area contributed by atoms with E-state index in [2.05, 4.69) is 0 Å². The van der Waals surface area contributed by atoms with Crippen molar-refractivity contribution in [2.45, 2.75) is 108 Å². The summed E-state index contributed by atoms with van der Waals surface area (Å²) in [4.78, 5) is 21.3. The average molecular weight is 417 g/mol. The maximum absolute atomic E-state index is 12.1. The third kappa shape index (κ3) is 14.9. The van der Waals surface area contributed by atoms with E-state index in [9.17, 15) is 27.9 Å². The van der Waals surface area contributed by atoms with Gasteiger partial charge in [0.05, 0.1) is 6.10 Å².